The first-order valence-corrected chi connectivity index (χ1v) is 5.54. The summed E-state index contributed by atoms with van der Waals surface area (Å²) >= 11 is 0. The molecule has 0 aromatic carbocycles. The van der Waals surface area contributed by atoms with Crippen LogP contribution >= 0.6 is 0 Å². The molecule has 0 saturated heterocycles. The molecule has 1 rings (SSSR count). The molecule has 0 aliphatic carbocycles. The smallest absolute Gasteiger partial charge is 0.145 e. The van der Waals surface area contributed by atoms with Crippen LogP contribution in [-0.2, 0) is 0 Å². The van der Waals surface area contributed by atoms with E-state index in [1.165, 1.54) is 32.1 Å². The Balaban J connectivity index is 2.25. The van der Waals surface area contributed by atoms with Crippen LogP contribution in [0.5, 0.6) is 0 Å². The molecule has 80 valence electrons. The van der Waals surface area contributed by atoms with Gasteiger partial charge in [0.15, 0.2) is 0 Å². The van der Waals surface area contributed by atoms with Crippen molar-refractivity contribution in [3.05, 3.63) is 12.3 Å². The molecule has 3 nitrogen and oxygen atoms in total. The van der Waals surface area contributed by atoms with Crippen LogP contribution in [0.2, 0.25) is 0 Å². The lowest BCUT2D eigenvalue weighted by molar-refractivity contribution is 0.437. The molecule has 1 heterocycles. The third-order valence-corrected chi connectivity index (χ3v) is 2.56. The molecular weight excluding hydrogens is 174 g/mol. The highest BCUT2D eigenvalue weighted by molar-refractivity contribution is 5.23. The van der Waals surface area contributed by atoms with E-state index in [9.17, 15) is 0 Å². The van der Waals surface area contributed by atoms with E-state index in [0.29, 0.717) is 11.9 Å². The van der Waals surface area contributed by atoms with Gasteiger partial charge in [0.2, 0.25) is 0 Å². The molecule has 0 fully saturated rings. The number of nitrogens with two attached hydrogens (primary N) is 1. The Morgan fingerprint density at radius 3 is 2.79 bits per heavy atom. The van der Waals surface area contributed by atoms with E-state index in [-0.39, 0.29) is 0 Å². The maximum absolute atomic E-state index is 5.56. The first-order chi connectivity index (χ1) is 6.74. The van der Waals surface area contributed by atoms with Gasteiger partial charge in [-0.05, 0) is 19.4 Å². The van der Waals surface area contributed by atoms with Crippen molar-refractivity contribution in [3.8, 4) is 0 Å². The third-order valence-electron chi connectivity index (χ3n) is 2.56. The molecule has 2 N–H and O–H groups in total. The summed E-state index contributed by atoms with van der Waals surface area (Å²) in [6, 6.07) is 2.33. The number of nitrogen functional groups attached to an aromatic ring is 1. The first-order valence-electron chi connectivity index (χ1n) is 5.54. The molecule has 0 aliphatic heterocycles. The van der Waals surface area contributed by atoms with Crippen molar-refractivity contribution in [3.63, 3.8) is 0 Å². The quantitative estimate of drug-likeness (QED) is 0.709. The molecule has 0 aliphatic rings. The minimum atomic E-state index is 0.476. The second-order valence-electron chi connectivity index (χ2n) is 3.92. The highest BCUT2D eigenvalue weighted by atomic mass is 15.3. The van der Waals surface area contributed by atoms with Crippen LogP contribution in [0, 0.1) is 0 Å². The molecule has 0 bridgehead atoms. The van der Waals surface area contributed by atoms with E-state index < -0.39 is 0 Å². The zero-order chi connectivity index (χ0) is 10.4. The van der Waals surface area contributed by atoms with Crippen LogP contribution < -0.4 is 5.73 Å². The Morgan fingerprint density at radius 1 is 1.43 bits per heavy atom. The summed E-state index contributed by atoms with van der Waals surface area (Å²) in [5, 5.41) is 4.20. The highest BCUT2D eigenvalue weighted by Gasteiger charge is 2.04. The zero-order valence-electron chi connectivity index (χ0n) is 9.24. The molecule has 1 aromatic rings. The van der Waals surface area contributed by atoms with Gasteiger partial charge in [-0.1, -0.05) is 32.6 Å². The van der Waals surface area contributed by atoms with Crippen LogP contribution in [0.1, 0.15) is 52.0 Å². The largest absolute Gasteiger partial charge is 0.382 e. The summed E-state index contributed by atoms with van der Waals surface area (Å²) in [5.41, 5.74) is 5.56. The maximum atomic E-state index is 5.56. The molecule has 1 aromatic heterocycles. The second-order valence-corrected chi connectivity index (χ2v) is 3.92. The third kappa shape index (κ3) is 3.40. The predicted molar refractivity (Wildman–Crippen MR) is 60.1 cm³/mol. The van der Waals surface area contributed by atoms with E-state index in [1.807, 2.05) is 16.9 Å². The van der Waals surface area contributed by atoms with Crippen LogP contribution in [-0.4, -0.2) is 9.78 Å². The Morgan fingerprint density at radius 2 is 2.21 bits per heavy atom. The van der Waals surface area contributed by atoms with Gasteiger partial charge in [0.05, 0.1) is 0 Å². The molecular formula is C11H21N3. The van der Waals surface area contributed by atoms with Gasteiger partial charge in [-0.25, -0.2) is 0 Å². The SMILES string of the molecule is CCCCCC[C@@H](C)n1ccc(N)n1. The first kappa shape index (κ1) is 11.1. The summed E-state index contributed by atoms with van der Waals surface area (Å²) in [6.07, 6.45) is 8.41. The van der Waals surface area contributed by atoms with E-state index in [4.69, 9.17) is 5.73 Å². The van der Waals surface area contributed by atoms with Gasteiger partial charge < -0.3 is 5.73 Å². The van der Waals surface area contributed by atoms with Gasteiger partial charge in [-0.2, -0.15) is 5.10 Å². The lowest BCUT2D eigenvalue weighted by Gasteiger charge is -2.11. The fourth-order valence-electron chi connectivity index (χ4n) is 1.60. The minimum Gasteiger partial charge on any atom is -0.382 e. The van der Waals surface area contributed by atoms with Crippen LogP contribution in [0.3, 0.4) is 0 Å². The van der Waals surface area contributed by atoms with Gasteiger partial charge in [0, 0.05) is 12.2 Å². The number of anilines is 1. The average Bonchev–Trinajstić information content (AvgIpc) is 2.59. The summed E-state index contributed by atoms with van der Waals surface area (Å²) in [6.45, 7) is 4.43. The van der Waals surface area contributed by atoms with Crippen molar-refractivity contribution in [2.45, 2.75) is 52.0 Å². The monoisotopic (exact) mass is 195 g/mol. The Hall–Kier alpha value is -0.990. The minimum absolute atomic E-state index is 0.476. The van der Waals surface area contributed by atoms with E-state index in [1.54, 1.807) is 0 Å². The van der Waals surface area contributed by atoms with Crippen molar-refractivity contribution in [1.29, 1.82) is 0 Å². The van der Waals surface area contributed by atoms with Gasteiger partial charge in [-0.3, -0.25) is 4.68 Å². The lowest BCUT2D eigenvalue weighted by Crippen LogP contribution is -2.06. The topological polar surface area (TPSA) is 43.8 Å². The van der Waals surface area contributed by atoms with Crippen molar-refractivity contribution >= 4 is 5.82 Å². The Bertz CT molecular complexity index is 255. The van der Waals surface area contributed by atoms with Crippen molar-refractivity contribution in [1.82, 2.24) is 9.78 Å². The summed E-state index contributed by atoms with van der Waals surface area (Å²) in [4.78, 5) is 0. The number of aromatic nitrogens is 2. The van der Waals surface area contributed by atoms with Gasteiger partial charge in [-0.15, -0.1) is 0 Å². The number of hydrogen-bond acceptors (Lipinski definition) is 2. The standard InChI is InChI=1S/C11H21N3/c1-3-4-5-6-7-10(2)14-9-8-11(12)13-14/h8-10H,3-7H2,1-2H3,(H2,12,13)/t10-/m1/s1. The summed E-state index contributed by atoms with van der Waals surface area (Å²) in [7, 11) is 0. The molecule has 0 unspecified atom stereocenters. The maximum Gasteiger partial charge on any atom is 0.145 e. The van der Waals surface area contributed by atoms with E-state index >= 15 is 0 Å². The molecule has 0 saturated carbocycles. The number of unbranched alkanes of at least 4 members (excludes halogenated alkanes) is 3. The number of rotatable bonds is 6. The van der Waals surface area contributed by atoms with Crippen molar-refractivity contribution in [2.75, 3.05) is 5.73 Å². The molecule has 1 atom stereocenters. The molecule has 3 heteroatoms. The van der Waals surface area contributed by atoms with Crippen molar-refractivity contribution in [2.24, 2.45) is 0 Å². The zero-order valence-corrected chi connectivity index (χ0v) is 9.24. The number of nitrogens with zero attached hydrogens (tertiary/aromatic N) is 2. The Labute approximate surface area is 86.3 Å². The molecule has 0 spiro atoms. The van der Waals surface area contributed by atoms with Gasteiger partial charge >= 0.3 is 0 Å². The van der Waals surface area contributed by atoms with E-state index in [2.05, 4.69) is 18.9 Å². The second kappa shape index (κ2) is 5.68. The molecule has 0 amide bonds. The van der Waals surface area contributed by atoms with Crippen LogP contribution in [0.25, 0.3) is 0 Å². The number of hydrogen-bond donors (Lipinski definition) is 1. The van der Waals surface area contributed by atoms with Crippen molar-refractivity contribution < 1.29 is 0 Å². The lowest BCUT2D eigenvalue weighted by atomic mass is 10.1. The van der Waals surface area contributed by atoms with Gasteiger partial charge in [0.25, 0.3) is 0 Å². The Kier molecular flexibility index (Phi) is 4.50. The molecule has 14 heavy (non-hydrogen) atoms. The summed E-state index contributed by atoms with van der Waals surface area (Å²) in [5.74, 6) is 0.616. The molecule has 0 radical (unpaired) electrons. The summed E-state index contributed by atoms with van der Waals surface area (Å²) < 4.78 is 1.96. The fourth-order valence-corrected chi connectivity index (χ4v) is 1.60. The van der Waals surface area contributed by atoms with Gasteiger partial charge in [0.1, 0.15) is 5.82 Å². The normalized spacial score (nSPS) is 13.0. The van der Waals surface area contributed by atoms with E-state index in [0.717, 1.165) is 0 Å². The fraction of sp³-hybridized carbons (Fsp3) is 0.727. The highest BCUT2D eigenvalue weighted by Crippen LogP contribution is 2.15. The average molecular weight is 195 g/mol. The van der Waals surface area contributed by atoms with Crippen LogP contribution in [0.15, 0.2) is 12.3 Å². The predicted octanol–water partition coefficient (Wildman–Crippen LogP) is 3.00. The van der Waals surface area contributed by atoms with Crippen LogP contribution in [0.4, 0.5) is 5.82 Å².